The minimum Gasteiger partial charge on any atom is -0.507 e. The van der Waals surface area contributed by atoms with Crippen molar-refractivity contribution in [2.75, 3.05) is 0 Å². The van der Waals surface area contributed by atoms with Gasteiger partial charge in [0, 0.05) is 5.56 Å². The molecule has 0 aliphatic heterocycles. The molecule has 2 aromatic carbocycles. The molecule has 88 valence electrons. The summed E-state index contributed by atoms with van der Waals surface area (Å²) in [6, 6.07) is 11.3. The fourth-order valence-electron chi connectivity index (χ4n) is 1.56. The number of phenolic OH excluding ortho intramolecular Hbond substituents is 1. The van der Waals surface area contributed by atoms with Crippen LogP contribution >= 0.6 is 0 Å². The molecule has 0 heterocycles. The van der Waals surface area contributed by atoms with Crippen molar-refractivity contribution in [3.8, 4) is 16.9 Å². The maximum atomic E-state index is 12.5. The molecule has 17 heavy (non-hydrogen) atoms. The van der Waals surface area contributed by atoms with Crippen LogP contribution in [0.4, 0.5) is 13.2 Å². The summed E-state index contributed by atoms with van der Waals surface area (Å²) in [6.07, 6.45) is -4.41. The van der Waals surface area contributed by atoms with E-state index in [0.29, 0.717) is 5.56 Å². The Balaban J connectivity index is 2.55. The second-order valence-electron chi connectivity index (χ2n) is 3.60. The smallest absolute Gasteiger partial charge is 0.416 e. The monoisotopic (exact) mass is 238 g/mol. The highest BCUT2D eigenvalue weighted by atomic mass is 19.4. The summed E-state index contributed by atoms with van der Waals surface area (Å²) in [7, 11) is 0. The number of halogens is 3. The van der Waals surface area contributed by atoms with Crippen molar-refractivity contribution in [3.63, 3.8) is 0 Å². The molecule has 0 saturated heterocycles. The van der Waals surface area contributed by atoms with Gasteiger partial charge in [-0.1, -0.05) is 30.3 Å². The highest BCUT2D eigenvalue weighted by molar-refractivity contribution is 5.70. The number of rotatable bonds is 1. The molecule has 0 bridgehead atoms. The number of phenols is 1. The molecule has 0 spiro atoms. The van der Waals surface area contributed by atoms with Gasteiger partial charge in [-0.25, -0.2) is 0 Å². The van der Waals surface area contributed by atoms with E-state index in [1.165, 1.54) is 0 Å². The molecule has 0 radical (unpaired) electrons. The summed E-state index contributed by atoms with van der Waals surface area (Å²) in [5.41, 5.74) is -0.0364. The van der Waals surface area contributed by atoms with Crippen LogP contribution in [0, 0.1) is 0 Å². The van der Waals surface area contributed by atoms with Gasteiger partial charge in [0.1, 0.15) is 5.75 Å². The molecule has 0 aliphatic carbocycles. The van der Waals surface area contributed by atoms with E-state index < -0.39 is 11.7 Å². The standard InChI is InChI=1S/C13H9F3O/c14-13(15,16)10-6-7-12(17)11(8-10)9-4-2-1-3-5-9/h1-8,17H. The minimum atomic E-state index is -4.41. The van der Waals surface area contributed by atoms with Crippen LogP contribution in [0.15, 0.2) is 48.5 Å². The third-order valence-electron chi connectivity index (χ3n) is 2.41. The molecule has 2 aromatic rings. The van der Waals surface area contributed by atoms with Crippen LogP contribution in [0.5, 0.6) is 5.75 Å². The lowest BCUT2D eigenvalue weighted by molar-refractivity contribution is -0.137. The van der Waals surface area contributed by atoms with Gasteiger partial charge in [-0.05, 0) is 23.8 Å². The summed E-state index contributed by atoms with van der Waals surface area (Å²) in [5, 5.41) is 9.59. The van der Waals surface area contributed by atoms with Crippen LogP contribution in [0.2, 0.25) is 0 Å². The molecule has 0 unspecified atom stereocenters. The molecule has 0 saturated carbocycles. The molecule has 0 atom stereocenters. The summed E-state index contributed by atoms with van der Waals surface area (Å²) in [5.74, 6) is -0.163. The third-order valence-corrected chi connectivity index (χ3v) is 2.41. The topological polar surface area (TPSA) is 20.2 Å². The Bertz CT molecular complexity index is 518. The van der Waals surface area contributed by atoms with Crippen LogP contribution in [0.1, 0.15) is 5.56 Å². The number of aromatic hydroxyl groups is 1. The summed E-state index contributed by atoms with van der Waals surface area (Å²) < 4.78 is 37.6. The van der Waals surface area contributed by atoms with E-state index in [4.69, 9.17) is 0 Å². The Labute approximate surface area is 96.1 Å². The number of benzene rings is 2. The van der Waals surface area contributed by atoms with Crippen molar-refractivity contribution in [1.82, 2.24) is 0 Å². The largest absolute Gasteiger partial charge is 0.507 e. The van der Waals surface area contributed by atoms with E-state index in [-0.39, 0.29) is 11.3 Å². The Morgan fingerprint density at radius 3 is 2.12 bits per heavy atom. The lowest BCUT2D eigenvalue weighted by atomic mass is 10.0. The van der Waals surface area contributed by atoms with Gasteiger partial charge in [0.25, 0.3) is 0 Å². The Morgan fingerprint density at radius 2 is 1.53 bits per heavy atom. The van der Waals surface area contributed by atoms with E-state index in [1.807, 2.05) is 0 Å². The lowest BCUT2D eigenvalue weighted by Crippen LogP contribution is -2.04. The van der Waals surface area contributed by atoms with Gasteiger partial charge in [0.05, 0.1) is 5.56 Å². The van der Waals surface area contributed by atoms with Crippen LogP contribution in [0.25, 0.3) is 11.1 Å². The van der Waals surface area contributed by atoms with Crippen molar-refractivity contribution in [1.29, 1.82) is 0 Å². The first-order chi connectivity index (χ1) is 7.98. The second-order valence-corrected chi connectivity index (χ2v) is 3.60. The Morgan fingerprint density at radius 1 is 0.882 bits per heavy atom. The maximum Gasteiger partial charge on any atom is 0.416 e. The van der Waals surface area contributed by atoms with E-state index >= 15 is 0 Å². The average Bonchev–Trinajstić information content (AvgIpc) is 2.29. The van der Waals surface area contributed by atoms with Crippen molar-refractivity contribution in [2.24, 2.45) is 0 Å². The molecule has 0 fully saturated rings. The Kier molecular flexibility index (Phi) is 2.79. The van der Waals surface area contributed by atoms with Crippen LogP contribution < -0.4 is 0 Å². The quantitative estimate of drug-likeness (QED) is 0.793. The second kappa shape index (κ2) is 4.13. The predicted molar refractivity (Wildman–Crippen MR) is 58.5 cm³/mol. The zero-order valence-corrected chi connectivity index (χ0v) is 8.70. The van der Waals surface area contributed by atoms with Crippen molar-refractivity contribution < 1.29 is 18.3 Å². The maximum absolute atomic E-state index is 12.5. The van der Waals surface area contributed by atoms with E-state index in [9.17, 15) is 18.3 Å². The SMILES string of the molecule is Oc1ccc(C(F)(F)F)cc1-c1ccccc1. The van der Waals surface area contributed by atoms with Gasteiger partial charge in [0.15, 0.2) is 0 Å². The lowest BCUT2D eigenvalue weighted by Gasteiger charge is -2.10. The number of alkyl halides is 3. The van der Waals surface area contributed by atoms with Crippen molar-refractivity contribution in [3.05, 3.63) is 54.1 Å². The van der Waals surface area contributed by atoms with Gasteiger partial charge < -0.3 is 5.11 Å². The summed E-state index contributed by atoms with van der Waals surface area (Å²) >= 11 is 0. The van der Waals surface area contributed by atoms with Gasteiger partial charge in [-0.2, -0.15) is 13.2 Å². The molecule has 0 aliphatic rings. The molecule has 4 heteroatoms. The number of hydrogen-bond acceptors (Lipinski definition) is 1. The van der Waals surface area contributed by atoms with E-state index in [2.05, 4.69) is 0 Å². The van der Waals surface area contributed by atoms with Crippen LogP contribution in [-0.2, 0) is 6.18 Å². The third kappa shape index (κ3) is 2.41. The van der Waals surface area contributed by atoms with Gasteiger partial charge >= 0.3 is 6.18 Å². The van der Waals surface area contributed by atoms with Gasteiger partial charge in [0.2, 0.25) is 0 Å². The molecule has 1 nitrogen and oxygen atoms in total. The van der Waals surface area contributed by atoms with Crippen LogP contribution in [-0.4, -0.2) is 5.11 Å². The fraction of sp³-hybridized carbons (Fsp3) is 0.0769. The first-order valence-corrected chi connectivity index (χ1v) is 4.94. The zero-order chi connectivity index (χ0) is 12.5. The fourth-order valence-corrected chi connectivity index (χ4v) is 1.56. The molecule has 0 amide bonds. The predicted octanol–water partition coefficient (Wildman–Crippen LogP) is 4.08. The van der Waals surface area contributed by atoms with E-state index in [0.717, 1.165) is 18.2 Å². The zero-order valence-electron chi connectivity index (χ0n) is 8.70. The van der Waals surface area contributed by atoms with Crippen molar-refractivity contribution >= 4 is 0 Å². The Hall–Kier alpha value is -1.97. The normalized spacial score (nSPS) is 11.5. The first kappa shape index (κ1) is 11.5. The summed E-state index contributed by atoms with van der Waals surface area (Å²) in [6.45, 7) is 0. The van der Waals surface area contributed by atoms with Crippen LogP contribution in [0.3, 0.4) is 0 Å². The molecular formula is C13H9F3O. The summed E-state index contributed by atoms with van der Waals surface area (Å²) in [4.78, 5) is 0. The average molecular weight is 238 g/mol. The first-order valence-electron chi connectivity index (χ1n) is 4.94. The van der Waals surface area contributed by atoms with Gasteiger partial charge in [-0.15, -0.1) is 0 Å². The highest BCUT2D eigenvalue weighted by Crippen LogP contribution is 2.36. The van der Waals surface area contributed by atoms with Gasteiger partial charge in [-0.3, -0.25) is 0 Å². The molecular weight excluding hydrogens is 229 g/mol. The molecule has 0 aromatic heterocycles. The van der Waals surface area contributed by atoms with E-state index in [1.54, 1.807) is 30.3 Å². The molecule has 2 rings (SSSR count). The highest BCUT2D eigenvalue weighted by Gasteiger charge is 2.31. The van der Waals surface area contributed by atoms with Crippen molar-refractivity contribution in [2.45, 2.75) is 6.18 Å². The molecule has 1 N–H and O–H groups in total. The minimum absolute atomic E-state index is 0.163. The number of hydrogen-bond donors (Lipinski definition) is 1.